The molecule has 3 unspecified atom stereocenters. The van der Waals surface area contributed by atoms with E-state index in [1.54, 1.807) is 0 Å². The molecule has 2 fully saturated rings. The fraction of sp³-hybridized carbons (Fsp3) is 0.552. The second kappa shape index (κ2) is 9.59. The molecule has 2 nitrogen and oxygen atoms in total. The van der Waals surface area contributed by atoms with Gasteiger partial charge in [0.05, 0.1) is 0 Å². The van der Waals surface area contributed by atoms with Crippen LogP contribution in [0.1, 0.15) is 75.0 Å². The van der Waals surface area contributed by atoms with E-state index in [9.17, 15) is 4.79 Å². The van der Waals surface area contributed by atoms with E-state index in [4.69, 9.17) is 0 Å². The molecular formula is C29H39NO. The molecule has 1 heterocycles. The van der Waals surface area contributed by atoms with Crippen molar-refractivity contribution in [3.05, 3.63) is 65.2 Å². The third-order valence-corrected chi connectivity index (χ3v) is 8.25. The number of amides is 1. The molecule has 1 saturated heterocycles. The molecule has 0 N–H and O–H groups in total. The molecule has 166 valence electrons. The molecule has 1 aliphatic carbocycles. The Morgan fingerprint density at radius 2 is 1.55 bits per heavy atom. The third-order valence-electron chi connectivity index (χ3n) is 8.25. The van der Waals surface area contributed by atoms with E-state index >= 15 is 0 Å². The van der Waals surface area contributed by atoms with Gasteiger partial charge in [-0.05, 0) is 61.1 Å². The van der Waals surface area contributed by atoms with Gasteiger partial charge in [-0.3, -0.25) is 4.79 Å². The summed E-state index contributed by atoms with van der Waals surface area (Å²) < 4.78 is 0. The summed E-state index contributed by atoms with van der Waals surface area (Å²) in [6.45, 7) is 7.60. The molecule has 0 bridgehead atoms. The largest absolute Gasteiger partial charge is 0.312 e. The highest BCUT2D eigenvalue weighted by Gasteiger charge is 2.50. The maximum absolute atomic E-state index is 14.1. The first-order valence-electron chi connectivity index (χ1n) is 12.4. The van der Waals surface area contributed by atoms with Crippen molar-refractivity contribution in [3.63, 3.8) is 0 Å². The van der Waals surface area contributed by atoms with E-state index < -0.39 is 0 Å². The molecule has 1 amide bonds. The Bertz CT molecular complexity index is 869. The van der Waals surface area contributed by atoms with E-state index in [1.807, 2.05) is 0 Å². The maximum atomic E-state index is 14.1. The van der Waals surface area contributed by atoms with Gasteiger partial charge in [-0.1, -0.05) is 94.0 Å². The predicted octanol–water partition coefficient (Wildman–Crippen LogP) is 7.27. The van der Waals surface area contributed by atoms with Crippen molar-refractivity contribution in [1.29, 1.82) is 0 Å². The highest BCUT2D eigenvalue weighted by atomic mass is 16.2. The zero-order valence-corrected chi connectivity index (χ0v) is 19.7. The van der Waals surface area contributed by atoms with Gasteiger partial charge in [-0.25, -0.2) is 0 Å². The van der Waals surface area contributed by atoms with Gasteiger partial charge < -0.3 is 4.90 Å². The monoisotopic (exact) mass is 417 g/mol. The summed E-state index contributed by atoms with van der Waals surface area (Å²) in [5.41, 5.74) is 5.04. The minimum atomic E-state index is 0.0636. The molecule has 2 heteroatoms. The van der Waals surface area contributed by atoms with Crippen LogP contribution in [0.2, 0.25) is 0 Å². The lowest BCUT2D eigenvalue weighted by molar-refractivity contribution is -0.126. The molecule has 0 radical (unpaired) electrons. The van der Waals surface area contributed by atoms with Crippen LogP contribution in [0.5, 0.6) is 0 Å². The minimum absolute atomic E-state index is 0.0636. The minimum Gasteiger partial charge on any atom is -0.312 e. The van der Waals surface area contributed by atoms with Crippen LogP contribution in [0.4, 0.5) is 5.69 Å². The molecule has 2 aromatic carbocycles. The third kappa shape index (κ3) is 4.45. The molecule has 0 aromatic heterocycles. The number of anilines is 1. The van der Waals surface area contributed by atoms with Crippen LogP contribution in [0.15, 0.2) is 48.5 Å². The molecular weight excluding hydrogens is 378 g/mol. The fourth-order valence-corrected chi connectivity index (χ4v) is 6.51. The number of nitrogens with zero attached hydrogens (tertiary/aromatic N) is 1. The van der Waals surface area contributed by atoms with Crippen LogP contribution in [-0.4, -0.2) is 12.5 Å². The van der Waals surface area contributed by atoms with Crippen molar-refractivity contribution in [2.24, 2.45) is 17.3 Å². The summed E-state index contributed by atoms with van der Waals surface area (Å²) in [6.07, 6.45) is 11.0. The van der Waals surface area contributed by atoms with Gasteiger partial charge in [0.1, 0.15) is 0 Å². The van der Waals surface area contributed by atoms with Crippen LogP contribution in [0, 0.1) is 31.1 Å². The topological polar surface area (TPSA) is 20.3 Å². The molecule has 4 rings (SSSR count). The Labute approximate surface area is 189 Å². The summed E-state index contributed by atoms with van der Waals surface area (Å²) in [5, 5.41) is 0. The van der Waals surface area contributed by atoms with E-state index in [0.717, 1.165) is 25.1 Å². The van der Waals surface area contributed by atoms with Crippen LogP contribution >= 0.6 is 0 Å². The Hall–Kier alpha value is -2.09. The van der Waals surface area contributed by atoms with Gasteiger partial charge >= 0.3 is 0 Å². The Kier molecular flexibility index (Phi) is 6.84. The van der Waals surface area contributed by atoms with Crippen molar-refractivity contribution in [2.75, 3.05) is 11.4 Å². The lowest BCUT2D eigenvalue weighted by atomic mass is 9.60. The van der Waals surface area contributed by atoms with Crippen LogP contribution in [-0.2, 0) is 11.2 Å². The summed E-state index contributed by atoms with van der Waals surface area (Å²) in [6, 6.07) is 17.3. The van der Waals surface area contributed by atoms with Crippen LogP contribution in [0.25, 0.3) is 0 Å². The molecule has 31 heavy (non-hydrogen) atoms. The van der Waals surface area contributed by atoms with E-state index in [1.165, 1.54) is 61.6 Å². The van der Waals surface area contributed by atoms with Gasteiger partial charge in [0.15, 0.2) is 0 Å². The van der Waals surface area contributed by atoms with Crippen molar-refractivity contribution < 1.29 is 4.79 Å². The molecule has 1 saturated carbocycles. The summed E-state index contributed by atoms with van der Waals surface area (Å²) in [4.78, 5) is 16.2. The SMILES string of the molecule is Cc1cccc(C)c1N1CCC(C2(Cc3ccccc3)CCCCCCCC2C)C1=O. The maximum Gasteiger partial charge on any atom is 0.230 e. The Morgan fingerprint density at radius 1 is 0.871 bits per heavy atom. The van der Waals surface area contributed by atoms with E-state index in [0.29, 0.717) is 11.8 Å². The first-order chi connectivity index (χ1) is 15.0. The zero-order valence-electron chi connectivity index (χ0n) is 19.7. The molecule has 2 aromatic rings. The van der Waals surface area contributed by atoms with Crippen LogP contribution < -0.4 is 4.90 Å². The Balaban J connectivity index is 1.72. The van der Waals surface area contributed by atoms with Gasteiger partial charge in [-0.2, -0.15) is 0 Å². The van der Waals surface area contributed by atoms with Gasteiger partial charge in [0.25, 0.3) is 0 Å². The van der Waals surface area contributed by atoms with E-state index in [-0.39, 0.29) is 11.3 Å². The second-order valence-electron chi connectivity index (χ2n) is 10.2. The zero-order chi connectivity index (χ0) is 21.8. The first kappa shape index (κ1) is 22.1. The number of carbonyl (C=O) groups excluding carboxylic acids is 1. The number of hydrogen-bond donors (Lipinski definition) is 0. The van der Waals surface area contributed by atoms with Gasteiger partial charge in [-0.15, -0.1) is 0 Å². The summed E-state index contributed by atoms with van der Waals surface area (Å²) >= 11 is 0. The summed E-state index contributed by atoms with van der Waals surface area (Å²) in [5.74, 6) is 1.07. The Morgan fingerprint density at radius 3 is 2.29 bits per heavy atom. The normalized spacial score (nSPS) is 27.6. The van der Waals surface area contributed by atoms with Crippen molar-refractivity contribution >= 4 is 11.6 Å². The fourth-order valence-electron chi connectivity index (χ4n) is 6.51. The number of para-hydroxylation sites is 1. The molecule has 3 atom stereocenters. The lowest BCUT2D eigenvalue weighted by Crippen LogP contribution is -2.43. The molecule has 2 aliphatic rings. The molecule has 0 spiro atoms. The second-order valence-corrected chi connectivity index (χ2v) is 10.2. The average Bonchev–Trinajstić information content (AvgIpc) is 3.16. The highest BCUT2D eigenvalue weighted by molar-refractivity contribution is 5.99. The summed E-state index contributed by atoms with van der Waals surface area (Å²) in [7, 11) is 0. The average molecular weight is 418 g/mol. The number of rotatable bonds is 4. The predicted molar refractivity (Wildman–Crippen MR) is 130 cm³/mol. The van der Waals surface area contributed by atoms with Gasteiger partial charge in [0, 0.05) is 18.2 Å². The van der Waals surface area contributed by atoms with E-state index in [2.05, 4.69) is 74.2 Å². The van der Waals surface area contributed by atoms with Crippen molar-refractivity contribution in [2.45, 2.75) is 78.6 Å². The molecule has 1 aliphatic heterocycles. The standard InChI is InChI=1S/C29H39NO/c1-22-13-12-14-23(2)27(22)30-20-18-26(28(30)31)29(21-25-16-9-7-10-17-25)19-11-6-4-5-8-15-24(29)3/h7,9-10,12-14,16-17,24,26H,4-6,8,11,15,18-21H2,1-3H3. The van der Waals surface area contributed by atoms with Crippen LogP contribution in [0.3, 0.4) is 0 Å². The quantitative estimate of drug-likeness (QED) is 0.512. The van der Waals surface area contributed by atoms with Crippen molar-refractivity contribution in [3.8, 4) is 0 Å². The first-order valence-corrected chi connectivity index (χ1v) is 12.4. The lowest BCUT2D eigenvalue weighted by Gasteiger charge is -2.44. The van der Waals surface area contributed by atoms with Gasteiger partial charge in [0.2, 0.25) is 5.91 Å². The number of aryl methyl sites for hydroxylation is 2. The number of carbonyl (C=O) groups is 1. The smallest absolute Gasteiger partial charge is 0.230 e. The number of benzene rings is 2. The highest BCUT2D eigenvalue weighted by Crippen LogP contribution is 2.51. The van der Waals surface area contributed by atoms with Crippen molar-refractivity contribution in [1.82, 2.24) is 0 Å². The number of hydrogen-bond acceptors (Lipinski definition) is 1.